The van der Waals surface area contributed by atoms with Crippen LogP contribution in [0.15, 0.2) is 12.1 Å². The second-order valence-corrected chi connectivity index (χ2v) is 3.54. The van der Waals surface area contributed by atoms with Crippen LogP contribution in [0.4, 0.5) is 0 Å². The first-order chi connectivity index (χ1) is 8.67. The highest BCUT2D eigenvalue weighted by Crippen LogP contribution is 2.38. The molecule has 0 spiro atoms. The normalized spacial score (nSPS) is 9.72. The zero-order valence-corrected chi connectivity index (χ0v) is 10.7. The quantitative estimate of drug-likeness (QED) is 0.547. The molecule has 0 bridgehead atoms. The molecule has 18 heavy (non-hydrogen) atoms. The van der Waals surface area contributed by atoms with Crippen molar-refractivity contribution in [1.82, 2.24) is 0 Å². The first-order valence-electron chi connectivity index (χ1n) is 5.44. The predicted molar refractivity (Wildman–Crippen MR) is 65.7 cm³/mol. The maximum Gasteiger partial charge on any atom is 0.203 e. The first-order valence-corrected chi connectivity index (χ1v) is 5.44. The minimum Gasteiger partial charge on any atom is -0.493 e. The van der Waals surface area contributed by atoms with Gasteiger partial charge >= 0.3 is 0 Å². The highest BCUT2D eigenvalue weighted by atomic mass is 16.5. The van der Waals surface area contributed by atoms with Gasteiger partial charge in [0.15, 0.2) is 17.3 Å². The number of carbonyl (C=O) groups excluding carboxylic acids is 2. The summed E-state index contributed by atoms with van der Waals surface area (Å²) in [6.45, 7) is 0. The number of ether oxygens (including phenoxy) is 3. The molecule has 0 saturated carbocycles. The fourth-order valence-electron chi connectivity index (χ4n) is 1.58. The van der Waals surface area contributed by atoms with E-state index in [1.165, 1.54) is 21.3 Å². The van der Waals surface area contributed by atoms with Crippen molar-refractivity contribution >= 4 is 12.1 Å². The number of methoxy groups -OCH3 is 3. The zero-order chi connectivity index (χ0) is 13.5. The van der Waals surface area contributed by atoms with Gasteiger partial charge in [0.1, 0.15) is 6.29 Å². The summed E-state index contributed by atoms with van der Waals surface area (Å²) in [6.07, 6.45) is 1.09. The summed E-state index contributed by atoms with van der Waals surface area (Å²) >= 11 is 0. The standard InChI is InChI=1S/C13H16O5/c1-16-11-7-9(10(15)5-4-6-14)8-12(17-2)13(11)18-3/h6-8H,4-5H2,1-3H3. The largest absolute Gasteiger partial charge is 0.493 e. The molecule has 98 valence electrons. The van der Waals surface area contributed by atoms with Gasteiger partial charge in [0.2, 0.25) is 5.75 Å². The number of ketones is 1. The van der Waals surface area contributed by atoms with Gasteiger partial charge in [-0.3, -0.25) is 4.79 Å². The van der Waals surface area contributed by atoms with Gasteiger partial charge in [-0.2, -0.15) is 0 Å². The van der Waals surface area contributed by atoms with E-state index in [2.05, 4.69) is 0 Å². The summed E-state index contributed by atoms with van der Waals surface area (Å²) in [7, 11) is 4.46. The van der Waals surface area contributed by atoms with Crippen molar-refractivity contribution in [1.29, 1.82) is 0 Å². The van der Waals surface area contributed by atoms with Gasteiger partial charge in [0.05, 0.1) is 21.3 Å². The lowest BCUT2D eigenvalue weighted by molar-refractivity contribution is -0.107. The number of aldehydes is 1. The number of Topliss-reactive ketones (excluding diaryl/α,β-unsaturated/α-hetero) is 1. The van der Waals surface area contributed by atoms with Crippen molar-refractivity contribution in [3.8, 4) is 17.2 Å². The average molecular weight is 252 g/mol. The highest BCUT2D eigenvalue weighted by molar-refractivity contribution is 5.98. The molecule has 1 rings (SSSR count). The summed E-state index contributed by atoms with van der Waals surface area (Å²) in [6, 6.07) is 3.16. The Morgan fingerprint density at radius 2 is 1.67 bits per heavy atom. The van der Waals surface area contributed by atoms with E-state index >= 15 is 0 Å². The smallest absolute Gasteiger partial charge is 0.203 e. The lowest BCUT2D eigenvalue weighted by Gasteiger charge is -2.13. The minimum absolute atomic E-state index is 0.138. The van der Waals surface area contributed by atoms with E-state index in [9.17, 15) is 9.59 Å². The molecule has 0 amide bonds. The van der Waals surface area contributed by atoms with Crippen LogP contribution in [0.25, 0.3) is 0 Å². The molecule has 0 radical (unpaired) electrons. The van der Waals surface area contributed by atoms with Crippen LogP contribution in [-0.4, -0.2) is 33.4 Å². The fourth-order valence-corrected chi connectivity index (χ4v) is 1.58. The molecular weight excluding hydrogens is 236 g/mol. The van der Waals surface area contributed by atoms with E-state index in [1.54, 1.807) is 12.1 Å². The molecule has 1 aromatic carbocycles. The third kappa shape index (κ3) is 3.00. The molecule has 0 aromatic heterocycles. The molecule has 0 atom stereocenters. The number of benzene rings is 1. The van der Waals surface area contributed by atoms with E-state index in [0.29, 0.717) is 22.8 Å². The Hall–Kier alpha value is -2.04. The summed E-state index contributed by atoms with van der Waals surface area (Å²) in [5.41, 5.74) is 0.436. The number of carbonyl (C=O) groups is 2. The van der Waals surface area contributed by atoms with Crippen LogP contribution in [0.1, 0.15) is 23.2 Å². The van der Waals surface area contributed by atoms with Crippen LogP contribution in [0.3, 0.4) is 0 Å². The van der Waals surface area contributed by atoms with Crippen LogP contribution in [0, 0.1) is 0 Å². The predicted octanol–water partition coefficient (Wildman–Crippen LogP) is 1.87. The van der Waals surface area contributed by atoms with Gasteiger partial charge in [-0.05, 0) is 12.1 Å². The van der Waals surface area contributed by atoms with Crippen molar-refractivity contribution < 1.29 is 23.8 Å². The summed E-state index contributed by atoms with van der Waals surface area (Å²) in [5.74, 6) is 1.14. The third-order valence-corrected chi connectivity index (χ3v) is 2.48. The van der Waals surface area contributed by atoms with Gasteiger partial charge < -0.3 is 19.0 Å². The molecule has 5 heteroatoms. The maximum absolute atomic E-state index is 11.8. The van der Waals surface area contributed by atoms with Crippen LogP contribution < -0.4 is 14.2 Å². The van der Waals surface area contributed by atoms with E-state index in [1.807, 2.05) is 0 Å². The fraction of sp³-hybridized carbons (Fsp3) is 0.385. The molecule has 0 aliphatic carbocycles. The molecule has 0 unspecified atom stereocenters. The SMILES string of the molecule is COc1cc(C(=O)CCC=O)cc(OC)c1OC. The second-order valence-electron chi connectivity index (χ2n) is 3.54. The van der Waals surface area contributed by atoms with Gasteiger partial charge in [0, 0.05) is 18.4 Å². The van der Waals surface area contributed by atoms with E-state index in [0.717, 1.165) is 6.29 Å². The molecule has 0 fully saturated rings. The molecule has 0 saturated heterocycles. The minimum atomic E-state index is -0.138. The summed E-state index contributed by atoms with van der Waals surface area (Å²) < 4.78 is 15.5. The van der Waals surface area contributed by atoms with Crippen LogP contribution in [0.2, 0.25) is 0 Å². The van der Waals surface area contributed by atoms with Crippen molar-refractivity contribution in [3.05, 3.63) is 17.7 Å². The van der Waals surface area contributed by atoms with Crippen molar-refractivity contribution in [2.45, 2.75) is 12.8 Å². The lowest BCUT2D eigenvalue weighted by Crippen LogP contribution is -2.03. The number of hydrogen-bond donors (Lipinski definition) is 0. The van der Waals surface area contributed by atoms with Crippen molar-refractivity contribution in [3.63, 3.8) is 0 Å². The van der Waals surface area contributed by atoms with Gasteiger partial charge in [-0.25, -0.2) is 0 Å². The summed E-state index contributed by atoms with van der Waals surface area (Å²) in [5, 5.41) is 0. The first kappa shape index (κ1) is 14.0. The van der Waals surface area contributed by atoms with E-state index in [-0.39, 0.29) is 18.6 Å². The molecule has 0 aliphatic heterocycles. The number of rotatable bonds is 7. The van der Waals surface area contributed by atoms with Crippen LogP contribution in [-0.2, 0) is 4.79 Å². The molecule has 5 nitrogen and oxygen atoms in total. The molecular formula is C13H16O5. The maximum atomic E-state index is 11.8. The average Bonchev–Trinajstić information content (AvgIpc) is 2.42. The van der Waals surface area contributed by atoms with Gasteiger partial charge in [0.25, 0.3) is 0 Å². The molecule has 0 heterocycles. The Labute approximate surface area is 106 Å². The summed E-state index contributed by atoms with van der Waals surface area (Å²) in [4.78, 5) is 22.1. The van der Waals surface area contributed by atoms with E-state index < -0.39 is 0 Å². The van der Waals surface area contributed by atoms with Crippen molar-refractivity contribution in [2.75, 3.05) is 21.3 Å². The topological polar surface area (TPSA) is 61.8 Å². The Balaban J connectivity index is 3.14. The van der Waals surface area contributed by atoms with Gasteiger partial charge in [-0.15, -0.1) is 0 Å². The highest BCUT2D eigenvalue weighted by Gasteiger charge is 2.16. The Bertz CT molecular complexity index is 414. The zero-order valence-electron chi connectivity index (χ0n) is 10.7. The molecule has 1 aromatic rings. The van der Waals surface area contributed by atoms with Crippen LogP contribution in [0.5, 0.6) is 17.2 Å². The molecule has 0 N–H and O–H groups in total. The lowest BCUT2D eigenvalue weighted by atomic mass is 10.1. The van der Waals surface area contributed by atoms with Crippen molar-refractivity contribution in [2.24, 2.45) is 0 Å². The molecule has 0 aliphatic rings. The number of hydrogen-bond acceptors (Lipinski definition) is 5. The Kier molecular flexibility index (Phi) is 5.17. The second kappa shape index (κ2) is 6.64. The Morgan fingerprint density at radius 1 is 1.11 bits per heavy atom. The Morgan fingerprint density at radius 3 is 2.06 bits per heavy atom. The van der Waals surface area contributed by atoms with Crippen LogP contribution >= 0.6 is 0 Å². The third-order valence-electron chi connectivity index (χ3n) is 2.48. The van der Waals surface area contributed by atoms with E-state index in [4.69, 9.17) is 14.2 Å². The van der Waals surface area contributed by atoms with Gasteiger partial charge in [-0.1, -0.05) is 0 Å². The monoisotopic (exact) mass is 252 g/mol.